The second kappa shape index (κ2) is 25.3. The first-order valence-corrected chi connectivity index (χ1v) is 25.0. The van der Waals surface area contributed by atoms with Crippen molar-refractivity contribution >= 4 is 27.6 Å². The van der Waals surface area contributed by atoms with Crippen molar-refractivity contribution in [2.45, 2.75) is 167 Å². The predicted molar refractivity (Wildman–Crippen MR) is 266 cm³/mol. The number of para-hydroxylation sites is 2. The van der Waals surface area contributed by atoms with Gasteiger partial charge in [0, 0.05) is 40.8 Å². The summed E-state index contributed by atoms with van der Waals surface area (Å²) in [5.74, 6) is 0.329. The van der Waals surface area contributed by atoms with Crippen LogP contribution in [-0.2, 0) is 30.5 Å². The van der Waals surface area contributed by atoms with E-state index in [0.717, 1.165) is 80.2 Å². The van der Waals surface area contributed by atoms with Crippen LogP contribution in [0.3, 0.4) is 0 Å². The van der Waals surface area contributed by atoms with E-state index in [2.05, 4.69) is 109 Å². The van der Waals surface area contributed by atoms with Crippen molar-refractivity contribution in [3.63, 3.8) is 0 Å². The number of rotatable bonds is 0. The Balaban J connectivity index is 0.959. The molecule has 1 aliphatic rings. The van der Waals surface area contributed by atoms with E-state index in [9.17, 15) is 9.90 Å². The van der Waals surface area contributed by atoms with Gasteiger partial charge in [-0.05, 0) is 123 Å². The maximum Gasteiger partial charge on any atom is 0.159 e. The molecule has 7 rings (SSSR count). The number of aryl methyl sites for hydroxylation is 4. The number of aromatic nitrogens is 2. The largest absolute Gasteiger partial charge is 0.512 e. The summed E-state index contributed by atoms with van der Waals surface area (Å²) in [6.45, 7) is 0. The third kappa shape index (κ3) is 14.7. The minimum atomic E-state index is 0.0706. The van der Waals surface area contributed by atoms with Crippen molar-refractivity contribution in [1.82, 2.24) is 9.97 Å². The summed E-state index contributed by atoms with van der Waals surface area (Å²) in [4.78, 5) is 22.8. The highest BCUT2D eigenvalue weighted by atomic mass is 16.3. The zero-order valence-corrected chi connectivity index (χ0v) is 38.1. The van der Waals surface area contributed by atoms with Crippen LogP contribution >= 0.6 is 0 Å². The van der Waals surface area contributed by atoms with Crippen LogP contribution in [0.1, 0.15) is 164 Å². The number of pyridine rings is 2. The summed E-state index contributed by atoms with van der Waals surface area (Å²) >= 11 is 0. The maximum absolute atomic E-state index is 12.5. The van der Waals surface area contributed by atoms with E-state index in [4.69, 9.17) is 9.97 Å². The van der Waals surface area contributed by atoms with Crippen LogP contribution in [0.15, 0.2) is 121 Å². The van der Waals surface area contributed by atoms with Crippen LogP contribution in [0.2, 0.25) is 0 Å². The van der Waals surface area contributed by atoms with E-state index in [0.29, 0.717) is 12.8 Å². The van der Waals surface area contributed by atoms with Gasteiger partial charge >= 0.3 is 0 Å². The van der Waals surface area contributed by atoms with Gasteiger partial charge in [-0.2, -0.15) is 0 Å². The first-order valence-electron chi connectivity index (χ1n) is 25.0. The van der Waals surface area contributed by atoms with Crippen molar-refractivity contribution in [3.05, 3.63) is 143 Å². The molecule has 1 aliphatic carbocycles. The van der Waals surface area contributed by atoms with Crippen LogP contribution in [0, 0.1) is 0 Å². The zero-order chi connectivity index (χ0) is 43.3. The lowest BCUT2D eigenvalue weighted by Crippen LogP contribution is -1.96. The summed E-state index contributed by atoms with van der Waals surface area (Å²) in [7, 11) is 0. The quantitative estimate of drug-likeness (QED) is 0.165. The van der Waals surface area contributed by atoms with Gasteiger partial charge in [-0.1, -0.05) is 163 Å². The molecule has 6 aromatic rings. The van der Waals surface area contributed by atoms with Crippen LogP contribution in [-0.4, -0.2) is 20.9 Å². The fourth-order valence-corrected chi connectivity index (χ4v) is 9.68. The van der Waals surface area contributed by atoms with Gasteiger partial charge < -0.3 is 5.11 Å². The zero-order valence-electron chi connectivity index (χ0n) is 38.1. The molecule has 63 heavy (non-hydrogen) atoms. The molecule has 0 saturated heterocycles. The molecule has 2 heterocycles. The lowest BCUT2D eigenvalue weighted by molar-refractivity contribution is -0.114. The van der Waals surface area contributed by atoms with E-state index in [1.807, 2.05) is 0 Å². The van der Waals surface area contributed by atoms with Crippen molar-refractivity contribution in [2.24, 2.45) is 0 Å². The molecule has 0 spiro atoms. The highest BCUT2D eigenvalue weighted by Crippen LogP contribution is 2.30. The third-order valence-electron chi connectivity index (χ3n) is 13.3. The summed E-state index contributed by atoms with van der Waals surface area (Å²) in [5.41, 5.74) is 12.4. The number of allylic oxidation sites excluding steroid dienone is 2. The van der Waals surface area contributed by atoms with Crippen LogP contribution in [0.4, 0.5) is 0 Å². The van der Waals surface area contributed by atoms with Crippen LogP contribution < -0.4 is 0 Å². The number of ketones is 1. The summed E-state index contributed by atoms with van der Waals surface area (Å²) in [6.07, 6.45) is 30.6. The monoisotopic (exact) mass is 841 g/mol. The van der Waals surface area contributed by atoms with Gasteiger partial charge in [0.15, 0.2) is 5.78 Å². The number of hydrogen-bond donors (Lipinski definition) is 1. The number of fused-ring (bicyclic) bond motifs is 14. The third-order valence-corrected chi connectivity index (χ3v) is 13.3. The van der Waals surface area contributed by atoms with E-state index in [1.54, 1.807) is 0 Å². The minimum absolute atomic E-state index is 0.0706. The number of aliphatic hydroxyl groups excluding tert-OH is 1. The molecule has 4 nitrogen and oxygen atoms in total. The summed E-state index contributed by atoms with van der Waals surface area (Å²) in [5, 5.41) is 13.0. The van der Waals surface area contributed by atoms with Crippen molar-refractivity contribution in [1.29, 1.82) is 0 Å². The molecule has 0 aliphatic heterocycles. The molecule has 0 radical (unpaired) electrons. The van der Waals surface area contributed by atoms with Gasteiger partial charge in [-0.15, -0.1) is 0 Å². The van der Waals surface area contributed by atoms with Crippen LogP contribution in [0.25, 0.3) is 44.3 Å². The molecule has 4 aromatic carbocycles. The maximum atomic E-state index is 12.5. The fourth-order valence-electron chi connectivity index (χ4n) is 9.68. The number of carbonyl (C=O) groups excluding carboxylic acids is 1. The number of carbonyl (C=O) groups is 1. The van der Waals surface area contributed by atoms with E-state index >= 15 is 0 Å². The molecule has 2 aromatic heterocycles. The molecule has 0 unspecified atom stereocenters. The Hall–Kier alpha value is -5.09. The average Bonchev–Trinajstić information content (AvgIpc) is 3.31. The van der Waals surface area contributed by atoms with E-state index in [-0.39, 0.29) is 11.5 Å². The Morgan fingerprint density at radius 3 is 1.21 bits per heavy atom. The predicted octanol–water partition coefficient (Wildman–Crippen LogP) is 16.6. The molecule has 0 amide bonds. The highest BCUT2D eigenvalue weighted by molar-refractivity contribution is 5.90. The van der Waals surface area contributed by atoms with Gasteiger partial charge in [-0.3, -0.25) is 4.79 Å². The fraction of sp³-hybridized carbons (Fsp3) is 0.441. The van der Waals surface area contributed by atoms with Gasteiger partial charge in [0.1, 0.15) is 0 Å². The first kappa shape index (κ1) is 45.9. The molecule has 330 valence electrons. The van der Waals surface area contributed by atoms with Gasteiger partial charge in [0.05, 0.1) is 28.2 Å². The van der Waals surface area contributed by atoms with Crippen molar-refractivity contribution in [2.75, 3.05) is 0 Å². The number of nitrogens with zero attached hydrogens (tertiary/aromatic N) is 2. The number of hydrogen-bond acceptors (Lipinski definition) is 4. The molecule has 0 fully saturated rings. The molecular formula is C59H72N2O2. The van der Waals surface area contributed by atoms with Crippen LogP contribution in [0.5, 0.6) is 0 Å². The highest BCUT2D eigenvalue weighted by Gasteiger charge is 2.11. The minimum Gasteiger partial charge on any atom is -0.512 e. The van der Waals surface area contributed by atoms with Gasteiger partial charge in [0.25, 0.3) is 0 Å². The summed E-state index contributed by atoms with van der Waals surface area (Å²) in [6, 6.07) is 40.2. The molecule has 0 atom stereocenters. The number of aliphatic hydroxyl groups is 1. The van der Waals surface area contributed by atoms with E-state index in [1.165, 1.54) is 147 Å². The Bertz CT molecular complexity index is 2380. The Morgan fingerprint density at radius 2 is 0.746 bits per heavy atom. The Labute approximate surface area is 378 Å². The molecule has 8 bridgehead atoms. The Kier molecular flexibility index (Phi) is 18.4. The van der Waals surface area contributed by atoms with Gasteiger partial charge in [-0.25, -0.2) is 9.97 Å². The second-order valence-electron chi connectivity index (χ2n) is 18.4. The van der Waals surface area contributed by atoms with Gasteiger partial charge in [0.2, 0.25) is 0 Å². The smallest absolute Gasteiger partial charge is 0.159 e. The molecular weight excluding hydrogens is 769 g/mol. The first-order chi connectivity index (χ1) is 31.1. The Morgan fingerprint density at radius 1 is 0.365 bits per heavy atom. The SMILES string of the molecule is O=C1C=C(O)CCCCCCCCCc2cc(nc3ccccc23)-c2cccc(c2)CCCCCCCCc2cccc(c2)-c2cc(c3ccccc3n2)CCCCCCCCC1. The second-order valence-corrected chi connectivity index (χ2v) is 18.4. The average molecular weight is 841 g/mol. The lowest BCUT2D eigenvalue weighted by atomic mass is 9.97. The van der Waals surface area contributed by atoms with Crippen molar-refractivity contribution < 1.29 is 9.90 Å². The molecule has 1 N–H and O–H groups in total. The van der Waals surface area contributed by atoms with Crippen molar-refractivity contribution in [3.8, 4) is 22.5 Å². The lowest BCUT2D eigenvalue weighted by Gasteiger charge is -2.11. The number of benzene rings is 4. The van der Waals surface area contributed by atoms with E-state index < -0.39 is 0 Å². The molecule has 4 heteroatoms. The topological polar surface area (TPSA) is 63.1 Å². The standard InChI is InChI=1S/C59H72N2O2/c62-52-35-19-13-5-1-3-11-17-31-48-43-58(60-56-39-23-21-37-54(48)56)50-33-25-29-46(41-50)27-15-9-7-8-10-16-28-47-30-26-34-51(42-47)59-44-49(55-38-22-24-40-57(55)61-59)32-18-12-4-2-6-14-20-36-53(63)45-52/h21-26,29-30,33-34,37-45,62H,1-20,27-28,31-32,35-36H2. The normalized spacial score (nSPS) is 17.3. The summed E-state index contributed by atoms with van der Waals surface area (Å²) < 4.78 is 0. The molecule has 0 saturated carbocycles.